The molecule has 0 aliphatic carbocycles. The Morgan fingerprint density at radius 2 is 0.702 bits per heavy atom. The molecular formula is C56H34N8O16S4. The summed E-state index contributed by atoms with van der Waals surface area (Å²) in [6.07, 6.45) is 0. The van der Waals surface area contributed by atoms with Crippen LogP contribution in [-0.2, 0) is 40.5 Å². The number of rotatable bonds is 12. The molecule has 2 aliphatic heterocycles. The highest BCUT2D eigenvalue weighted by atomic mass is 32.2. The van der Waals surface area contributed by atoms with Gasteiger partial charge >= 0.3 is 0 Å². The van der Waals surface area contributed by atoms with Crippen molar-refractivity contribution < 1.29 is 70.9 Å². The minimum Gasteiger partial charge on any atom is -0.453 e. The number of hydrogen-bond acceptors (Lipinski definition) is 18. The fourth-order valence-electron chi connectivity index (χ4n) is 9.33. The summed E-state index contributed by atoms with van der Waals surface area (Å²) in [5.41, 5.74) is 2.44. The molecule has 0 radical (unpaired) electrons. The topological polar surface area (TPSA) is 352 Å². The molecule has 3 aromatic heterocycles. The molecule has 5 heterocycles. The fraction of sp³-hybridized carbons (Fsp3) is 0. The van der Waals surface area contributed by atoms with Gasteiger partial charge in [-0.1, -0.05) is 72.8 Å². The van der Waals surface area contributed by atoms with Crippen LogP contribution in [0.3, 0.4) is 0 Å². The van der Waals surface area contributed by atoms with Gasteiger partial charge < -0.3 is 24.0 Å². The van der Waals surface area contributed by atoms with Crippen molar-refractivity contribution in [3.8, 4) is 85.8 Å². The fourth-order valence-corrected chi connectivity index (χ4v) is 11.3. The number of hydrogen-bond donors (Lipinski definition) is 5. The van der Waals surface area contributed by atoms with Gasteiger partial charge in [0, 0.05) is 38.4 Å². The van der Waals surface area contributed by atoms with Crippen LogP contribution in [0.1, 0.15) is 0 Å². The van der Waals surface area contributed by atoms with E-state index in [0.29, 0.717) is 33.0 Å². The number of aromatic amines is 1. The summed E-state index contributed by atoms with van der Waals surface area (Å²) in [6, 6.07) is 41.8. The molecule has 0 saturated carbocycles. The maximum absolute atomic E-state index is 12.2. The van der Waals surface area contributed by atoms with Crippen LogP contribution >= 0.6 is 0 Å². The van der Waals surface area contributed by atoms with Crippen LogP contribution in [0.25, 0.3) is 89.7 Å². The van der Waals surface area contributed by atoms with E-state index in [1.165, 1.54) is 71.5 Å². The Morgan fingerprint density at radius 1 is 0.357 bits per heavy atom. The predicted molar refractivity (Wildman–Crippen MR) is 301 cm³/mol. The second-order valence-corrected chi connectivity index (χ2v) is 24.2. The molecular weight excluding hydrogens is 1170 g/mol. The van der Waals surface area contributed by atoms with Gasteiger partial charge in [0.05, 0.1) is 25.0 Å². The van der Waals surface area contributed by atoms with Gasteiger partial charge in [-0.05, 0) is 103 Å². The lowest BCUT2D eigenvalue weighted by molar-refractivity contribution is 0.237. The van der Waals surface area contributed by atoms with Crippen molar-refractivity contribution in [1.29, 1.82) is 0 Å². The van der Waals surface area contributed by atoms with E-state index in [0.717, 1.165) is 36.4 Å². The first-order valence-corrected chi connectivity index (χ1v) is 30.2. The molecule has 0 unspecified atom stereocenters. The standard InChI is InChI=1S/C56H34N8O16S4/c65-81(66,67)34-21-13-30(14-22-34)77-45-29-44-46(48(79-32-17-25-36(26-18-32)83(71,72)73)47(45)78-31-15-23-35(24-16-31)82(68,69)70)54-60-50-39-8-2-4-10-41(39)52(58-50)63-56-43-12-6-5-11-42(43)55(64(56)80-33-19-27-37(28-20-33)84(74,75)76)62-51-40-9-3-1-7-38(40)49(57-51)59-53(44)61-54/h1-29H,(H,65,66,67)(H,68,69,70)(H,71,72,73)(H,74,75,76)(H,57,58,59,60,61,62,63). The van der Waals surface area contributed by atoms with Gasteiger partial charge in [-0.2, -0.15) is 33.7 Å². The lowest BCUT2D eigenvalue weighted by atomic mass is 10.1. The van der Waals surface area contributed by atoms with E-state index in [1.807, 2.05) is 0 Å². The maximum atomic E-state index is 12.2. The number of H-pyrrole nitrogens is 1. The highest BCUT2D eigenvalue weighted by Gasteiger charge is 2.29. The first-order valence-electron chi connectivity index (χ1n) is 24.5. The smallest absolute Gasteiger partial charge is 0.294 e. The van der Waals surface area contributed by atoms with E-state index >= 15 is 0 Å². The molecule has 11 aromatic rings. The Balaban J connectivity index is 1.16. The van der Waals surface area contributed by atoms with E-state index in [2.05, 4.69) is 4.98 Å². The summed E-state index contributed by atoms with van der Waals surface area (Å²) in [5.74, 6) is -0.162. The molecule has 5 N–H and O–H groups in total. The van der Waals surface area contributed by atoms with Crippen LogP contribution in [-0.4, -0.2) is 91.5 Å². The molecule has 84 heavy (non-hydrogen) atoms. The van der Waals surface area contributed by atoms with Crippen LogP contribution in [0.4, 0.5) is 0 Å². The normalized spacial score (nSPS) is 12.4. The van der Waals surface area contributed by atoms with Gasteiger partial charge in [0.15, 0.2) is 51.8 Å². The Kier molecular flexibility index (Phi) is 12.6. The van der Waals surface area contributed by atoms with Crippen molar-refractivity contribution >= 4 is 84.6 Å². The van der Waals surface area contributed by atoms with E-state index in [4.69, 9.17) is 49.0 Å². The lowest BCUT2D eigenvalue weighted by Gasteiger charge is -2.18. The monoisotopic (exact) mass is 1200 g/mol. The quantitative estimate of drug-likeness (QED) is 0.0709. The van der Waals surface area contributed by atoms with Gasteiger partial charge in [0.1, 0.15) is 28.5 Å². The summed E-state index contributed by atoms with van der Waals surface area (Å²) >= 11 is 0. The second kappa shape index (κ2) is 19.9. The number of aromatic nitrogens is 8. The van der Waals surface area contributed by atoms with Crippen molar-refractivity contribution in [2.45, 2.75) is 19.6 Å². The van der Waals surface area contributed by atoms with Gasteiger partial charge in [-0.15, -0.1) is 4.73 Å². The third-order valence-electron chi connectivity index (χ3n) is 13.2. The third kappa shape index (κ3) is 9.94. The van der Waals surface area contributed by atoms with E-state index in [-0.39, 0.29) is 102 Å². The Morgan fingerprint density at radius 3 is 1.11 bits per heavy atom. The third-order valence-corrected chi connectivity index (χ3v) is 16.6. The predicted octanol–water partition coefficient (Wildman–Crippen LogP) is 10.5. The zero-order chi connectivity index (χ0) is 58.5. The molecule has 0 amide bonds. The Labute approximate surface area is 473 Å². The zero-order valence-corrected chi connectivity index (χ0v) is 45.5. The van der Waals surface area contributed by atoms with E-state index < -0.39 is 55.2 Å². The molecule has 24 nitrogen and oxygen atoms in total. The van der Waals surface area contributed by atoms with Crippen LogP contribution in [0.2, 0.25) is 0 Å². The van der Waals surface area contributed by atoms with Gasteiger partial charge in [-0.3, -0.25) is 18.2 Å². The largest absolute Gasteiger partial charge is 0.453 e. The van der Waals surface area contributed by atoms with Crippen molar-refractivity contribution in [3.63, 3.8) is 0 Å². The summed E-state index contributed by atoms with van der Waals surface area (Å²) in [5, 5.41) is 1.37. The SMILES string of the molecule is O=S(=O)(O)c1ccc(Oc2cc3c4nc5nc(nc6c7ccccc7c(nc7nc(nc([nH]4)c3c(Oc3ccc(S(=O)(=O)O)cc3)c2Oc2ccc(S(=O)(=O)O)cc2)-c2ccccc2-7)n6Oc2ccc(S(=O)(=O)O)cc2)-c2ccccc2-5)cc1. The van der Waals surface area contributed by atoms with Crippen LogP contribution < -0.4 is 19.0 Å². The maximum Gasteiger partial charge on any atom is 0.294 e. The lowest BCUT2D eigenvalue weighted by Crippen LogP contribution is -2.07. The second-order valence-electron chi connectivity index (χ2n) is 18.5. The molecule has 8 aromatic carbocycles. The van der Waals surface area contributed by atoms with Gasteiger partial charge in [-0.25, -0.2) is 29.9 Å². The molecule has 0 saturated heterocycles. The first kappa shape index (κ1) is 53.3. The number of ether oxygens (including phenoxy) is 3. The van der Waals surface area contributed by atoms with E-state index in [1.54, 1.807) is 72.8 Å². The molecule has 2 aliphatic rings. The average Bonchev–Trinajstić information content (AvgIpc) is 2.02. The summed E-state index contributed by atoms with van der Waals surface area (Å²) < 4.78 is 158. The number of nitrogens with one attached hydrogen (secondary N) is 1. The molecule has 8 bridgehead atoms. The van der Waals surface area contributed by atoms with Crippen LogP contribution in [0.5, 0.6) is 40.2 Å². The van der Waals surface area contributed by atoms with Crippen LogP contribution in [0.15, 0.2) is 196 Å². The Hall–Kier alpha value is -10.0. The van der Waals surface area contributed by atoms with Crippen molar-refractivity contribution in [1.82, 2.24) is 39.6 Å². The van der Waals surface area contributed by atoms with Gasteiger partial charge in [0.2, 0.25) is 5.75 Å². The zero-order valence-electron chi connectivity index (χ0n) is 42.2. The minimum atomic E-state index is -4.70. The highest BCUT2D eigenvalue weighted by molar-refractivity contribution is 7.86. The van der Waals surface area contributed by atoms with Crippen LogP contribution in [0, 0.1) is 0 Å². The van der Waals surface area contributed by atoms with E-state index in [9.17, 15) is 51.9 Å². The molecule has 13 rings (SSSR count). The van der Waals surface area contributed by atoms with Gasteiger partial charge in [0.25, 0.3) is 40.5 Å². The molecule has 0 atom stereocenters. The Bertz CT molecular complexity index is 5250. The van der Waals surface area contributed by atoms with Crippen molar-refractivity contribution in [2.75, 3.05) is 0 Å². The number of nitrogens with zero attached hydrogens (tertiary/aromatic N) is 7. The van der Waals surface area contributed by atoms with Crippen molar-refractivity contribution in [2.24, 2.45) is 0 Å². The molecule has 418 valence electrons. The summed E-state index contributed by atoms with van der Waals surface area (Å²) in [4.78, 5) is 38.7. The summed E-state index contributed by atoms with van der Waals surface area (Å²) in [6.45, 7) is 0. The minimum absolute atomic E-state index is 0.000567. The first-order chi connectivity index (χ1) is 40.1. The average molecular weight is 1200 g/mol. The highest BCUT2D eigenvalue weighted by Crippen LogP contribution is 2.51. The molecule has 0 fully saturated rings. The number of fused-ring (bicyclic) bond motifs is 20. The molecule has 28 heteroatoms. The summed E-state index contributed by atoms with van der Waals surface area (Å²) in [7, 11) is -18.6. The molecule has 0 spiro atoms. The number of benzene rings is 8. The van der Waals surface area contributed by atoms with Crippen molar-refractivity contribution in [3.05, 3.63) is 176 Å².